The maximum Gasteiger partial charge on any atom is 0.419 e. The number of alkyl halides is 3. The molecule has 1 aliphatic heterocycles. The number of aryl methyl sites for hydroxylation is 1. The Morgan fingerprint density at radius 1 is 1.36 bits per heavy atom. The van der Waals surface area contributed by atoms with Crippen LogP contribution in [0, 0.1) is 11.8 Å². The number of carbonyl (C=O) groups excluding carboxylic acids is 1. The van der Waals surface area contributed by atoms with E-state index in [0.29, 0.717) is 24.3 Å². The Morgan fingerprint density at radius 2 is 2.12 bits per heavy atom. The van der Waals surface area contributed by atoms with Gasteiger partial charge in [-0.25, -0.2) is 4.79 Å². The number of benzene rings is 1. The van der Waals surface area contributed by atoms with Crippen LogP contribution in [0.1, 0.15) is 29.9 Å². The number of hydrogen-bond donors (Lipinski definition) is 2. The van der Waals surface area contributed by atoms with E-state index in [4.69, 9.17) is 0 Å². The number of halogens is 3. The highest BCUT2D eigenvalue weighted by Crippen LogP contribution is 2.59. The Kier molecular flexibility index (Phi) is 3.76. The van der Waals surface area contributed by atoms with E-state index >= 15 is 0 Å². The molecule has 4 unspecified atom stereocenters. The largest absolute Gasteiger partial charge is 0.419 e. The van der Waals surface area contributed by atoms with Crippen molar-refractivity contribution in [1.82, 2.24) is 10.2 Å². The van der Waals surface area contributed by atoms with E-state index in [1.165, 1.54) is 11.1 Å². The molecule has 25 heavy (non-hydrogen) atoms. The Balaban J connectivity index is 1.33. The van der Waals surface area contributed by atoms with Crippen molar-refractivity contribution < 1.29 is 23.1 Å². The van der Waals surface area contributed by atoms with E-state index in [9.17, 15) is 23.1 Å². The fourth-order valence-electron chi connectivity index (χ4n) is 4.50. The van der Waals surface area contributed by atoms with Crippen LogP contribution in [0.25, 0.3) is 0 Å². The molecule has 0 radical (unpaired) electrons. The van der Waals surface area contributed by atoms with Crippen LogP contribution in [0.4, 0.5) is 18.0 Å². The van der Waals surface area contributed by atoms with Gasteiger partial charge in [0.05, 0.1) is 6.54 Å². The smallest absolute Gasteiger partial charge is 0.379 e. The third-order valence-corrected chi connectivity index (χ3v) is 6.04. The quantitative estimate of drug-likeness (QED) is 0.858. The van der Waals surface area contributed by atoms with E-state index in [-0.39, 0.29) is 6.54 Å². The number of fused-ring (bicyclic) bond motifs is 3. The molecular formula is C18H21F3N2O2. The van der Waals surface area contributed by atoms with Crippen LogP contribution in [-0.4, -0.2) is 47.4 Å². The molecule has 4 nitrogen and oxygen atoms in total. The van der Waals surface area contributed by atoms with Crippen molar-refractivity contribution in [2.24, 2.45) is 11.8 Å². The minimum absolute atomic E-state index is 0.0812. The summed E-state index contributed by atoms with van der Waals surface area (Å²) in [4.78, 5) is 13.2. The first-order chi connectivity index (χ1) is 11.8. The van der Waals surface area contributed by atoms with Crippen molar-refractivity contribution >= 4 is 6.03 Å². The molecule has 2 amide bonds. The number of amides is 2. The van der Waals surface area contributed by atoms with E-state index in [2.05, 4.69) is 17.4 Å². The first kappa shape index (κ1) is 16.7. The Hall–Kier alpha value is -1.76. The van der Waals surface area contributed by atoms with Crippen molar-refractivity contribution in [2.75, 3.05) is 19.6 Å². The molecular weight excluding hydrogens is 333 g/mol. The molecule has 2 fully saturated rings. The van der Waals surface area contributed by atoms with Crippen LogP contribution in [-0.2, 0) is 6.42 Å². The minimum atomic E-state index is -4.71. The predicted octanol–water partition coefficient (Wildman–Crippen LogP) is 2.67. The molecule has 136 valence electrons. The van der Waals surface area contributed by atoms with Gasteiger partial charge in [0.1, 0.15) is 0 Å². The minimum Gasteiger partial charge on any atom is -0.379 e. The number of carbonyl (C=O) groups is 1. The fraction of sp³-hybridized carbons (Fsp3) is 0.611. The second-order valence-electron chi connectivity index (χ2n) is 7.48. The summed E-state index contributed by atoms with van der Waals surface area (Å²) in [5, 5.41) is 12.4. The highest BCUT2D eigenvalue weighted by atomic mass is 19.4. The van der Waals surface area contributed by atoms with Crippen molar-refractivity contribution in [3.8, 4) is 0 Å². The number of nitrogens with one attached hydrogen (secondary N) is 1. The lowest BCUT2D eigenvalue weighted by Gasteiger charge is -2.26. The number of hydrogen-bond acceptors (Lipinski definition) is 2. The third-order valence-electron chi connectivity index (χ3n) is 6.04. The summed E-state index contributed by atoms with van der Waals surface area (Å²) >= 11 is 0. The lowest BCUT2D eigenvalue weighted by Crippen LogP contribution is -2.49. The summed E-state index contributed by atoms with van der Waals surface area (Å²) < 4.78 is 38.5. The van der Waals surface area contributed by atoms with Crippen molar-refractivity contribution in [1.29, 1.82) is 0 Å². The lowest BCUT2D eigenvalue weighted by atomic mass is 9.92. The zero-order chi connectivity index (χ0) is 17.8. The zero-order valence-electron chi connectivity index (χ0n) is 13.7. The first-order valence-electron chi connectivity index (χ1n) is 8.70. The van der Waals surface area contributed by atoms with Crippen molar-refractivity contribution in [3.05, 3.63) is 35.4 Å². The van der Waals surface area contributed by atoms with Crippen LogP contribution < -0.4 is 5.32 Å². The third kappa shape index (κ3) is 2.78. The van der Waals surface area contributed by atoms with Crippen LogP contribution in [0.2, 0.25) is 0 Å². The van der Waals surface area contributed by atoms with Gasteiger partial charge in [-0.2, -0.15) is 13.2 Å². The van der Waals surface area contributed by atoms with Gasteiger partial charge < -0.3 is 15.3 Å². The molecule has 4 atom stereocenters. The molecule has 1 aromatic rings. The van der Waals surface area contributed by atoms with Crippen LogP contribution in [0.15, 0.2) is 24.3 Å². The van der Waals surface area contributed by atoms with E-state index < -0.39 is 30.8 Å². The zero-order valence-corrected chi connectivity index (χ0v) is 13.7. The molecule has 7 heteroatoms. The molecule has 4 rings (SSSR count). The van der Waals surface area contributed by atoms with E-state index in [0.717, 1.165) is 17.7 Å². The Labute approximate surface area is 144 Å². The molecule has 0 bridgehead atoms. The molecule has 3 aliphatic rings. The van der Waals surface area contributed by atoms with Gasteiger partial charge in [-0.05, 0) is 41.7 Å². The average Bonchev–Trinajstić information content (AvgIpc) is 3.14. The highest BCUT2D eigenvalue weighted by Gasteiger charge is 2.58. The summed E-state index contributed by atoms with van der Waals surface area (Å²) in [6.45, 7) is -0.297. The molecule has 1 aromatic carbocycles. The normalized spacial score (nSPS) is 33.6. The van der Waals surface area contributed by atoms with Gasteiger partial charge in [-0.1, -0.05) is 24.3 Å². The van der Waals surface area contributed by atoms with Crippen molar-refractivity contribution in [3.63, 3.8) is 0 Å². The second-order valence-corrected chi connectivity index (χ2v) is 7.48. The van der Waals surface area contributed by atoms with Crippen LogP contribution >= 0.6 is 0 Å². The molecule has 1 heterocycles. The number of rotatable bonds is 2. The summed E-state index contributed by atoms with van der Waals surface area (Å²) in [6, 6.07) is 7.82. The lowest BCUT2D eigenvalue weighted by molar-refractivity contribution is -0.253. The molecule has 0 aromatic heterocycles. The van der Waals surface area contributed by atoms with Gasteiger partial charge in [0, 0.05) is 19.5 Å². The van der Waals surface area contributed by atoms with Crippen molar-refractivity contribution in [2.45, 2.75) is 37.0 Å². The van der Waals surface area contributed by atoms with Crippen LogP contribution in [0.3, 0.4) is 0 Å². The predicted molar refractivity (Wildman–Crippen MR) is 85.1 cm³/mol. The number of nitrogens with zero attached hydrogens (tertiary/aromatic N) is 1. The molecule has 2 N–H and O–H groups in total. The Morgan fingerprint density at radius 3 is 2.84 bits per heavy atom. The maximum absolute atomic E-state index is 12.8. The number of likely N-dealkylation sites (tertiary alicyclic amines) is 1. The summed E-state index contributed by atoms with van der Waals surface area (Å²) in [5.74, 6) is 1.37. The average molecular weight is 354 g/mol. The Bertz CT molecular complexity index is 693. The molecule has 0 spiro atoms. The van der Waals surface area contributed by atoms with Gasteiger partial charge in [0.2, 0.25) is 0 Å². The molecule has 1 saturated carbocycles. The number of β-amino-alcohol motifs (C(OH)–C–C–N with tert-alkyl or cyclic N) is 1. The first-order valence-corrected chi connectivity index (χ1v) is 8.70. The summed E-state index contributed by atoms with van der Waals surface area (Å²) in [7, 11) is 0. The topological polar surface area (TPSA) is 52.6 Å². The fourth-order valence-corrected chi connectivity index (χ4v) is 4.50. The van der Waals surface area contributed by atoms with Gasteiger partial charge in [-0.3, -0.25) is 0 Å². The highest BCUT2D eigenvalue weighted by molar-refractivity contribution is 5.74. The summed E-state index contributed by atoms with van der Waals surface area (Å²) in [6.07, 6.45) is -3.03. The molecule has 1 saturated heterocycles. The molecule has 2 aliphatic carbocycles. The van der Waals surface area contributed by atoms with Gasteiger partial charge in [-0.15, -0.1) is 0 Å². The SMILES string of the molecule is O=C(NCC1C2CCc3ccccc3C21)N1CCC(O)(C(F)(F)F)C1. The summed E-state index contributed by atoms with van der Waals surface area (Å²) in [5.41, 5.74) is -0.0606. The van der Waals surface area contributed by atoms with E-state index in [1.54, 1.807) is 0 Å². The maximum atomic E-state index is 12.8. The van der Waals surface area contributed by atoms with E-state index in [1.807, 2.05) is 12.1 Å². The monoisotopic (exact) mass is 354 g/mol. The number of urea groups is 1. The van der Waals surface area contributed by atoms with Crippen LogP contribution in [0.5, 0.6) is 0 Å². The van der Waals surface area contributed by atoms with Gasteiger partial charge >= 0.3 is 12.2 Å². The second kappa shape index (κ2) is 5.62. The standard InChI is InChI=1S/C18H21F3N2O2/c19-18(20,21)17(25)7-8-23(10-17)16(24)22-9-14-13-6-5-11-3-1-2-4-12(11)15(13)14/h1-4,13-15,25H,5-10H2,(H,22,24). The van der Waals surface area contributed by atoms with Gasteiger partial charge in [0.25, 0.3) is 0 Å². The number of aliphatic hydroxyl groups is 1. The van der Waals surface area contributed by atoms with Gasteiger partial charge in [0.15, 0.2) is 5.60 Å².